The van der Waals surface area contributed by atoms with Crippen molar-refractivity contribution in [3.05, 3.63) is 28.0 Å². The lowest BCUT2D eigenvalue weighted by Crippen LogP contribution is -2.49. The summed E-state index contributed by atoms with van der Waals surface area (Å²) in [5.41, 5.74) is 0. The van der Waals surface area contributed by atoms with Crippen LogP contribution >= 0.6 is 0 Å². The number of carbonyl (C=O) groups is 1. The van der Waals surface area contributed by atoms with E-state index in [9.17, 15) is 23.3 Å². The molecule has 128 valence electrons. The average Bonchev–Trinajstić information content (AvgIpc) is 2.97. The Kier molecular flexibility index (Phi) is 5.34. The molecule has 1 fully saturated rings. The van der Waals surface area contributed by atoms with Gasteiger partial charge in [0, 0.05) is 39.3 Å². The van der Waals surface area contributed by atoms with E-state index in [1.807, 2.05) is 4.90 Å². The number of sulfonamides is 1. The second-order valence-electron chi connectivity index (χ2n) is 5.15. The molecule has 1 amide bonds. The molecular formula is C12H18N4O6S. The van der Waals surface area contributed by atoms with Crippen LogP contribution in [0.4, 0.5) is 5.88 Å². The van der Waals surface area contributed by atoms with Crippen LogP contribution in [-0.4, -0.2) is 74.0 Å². The maximum absolute atomic E-state index is 11.8. The van der Waals surface area contributed by atoms with Crippen molar-refractivity contribution in [2.75, 3.05) is 45.5 Å². The van der Waals surface area contributed by atoms with Gasteiger partial charge in [0.05, 0.1) is 12.3 Å². The first-order valence-electron chi connectivity index (χ1n) is 6.97. The molecule has 0 radical (unpaired) electrons. The van der Waals surface area contributed by atoms with Crippen LogP contribution in [0, 0.1) is 10.1 Å². The molecule has 0 atom stereocenters. The van der Waals surface area contributed by atoms with E-state index < -0.39 is 26.7 Å². The lowest BCUT2D eigenvalue weighted by Gasteiger charge is -2.33. The Hall–Kier alpha value is -1.98. The third kappa shape index (κ3) is 4.74. The van der Waals surface area contributed by atoms with Crippen molar-refractivity contribution in [3.8, 4) is 0 Å². The van der Waals surface area contributed by atoms with Crippen LogP contribution in [0.2, 0.25) is 0 Å². The van der Waals surface area contributed by atoms with E-state index in [1.54, 1.807) is 0 Å². The molecule has 1 aromatic heterocycles. The number of amides is 1. The van der Waals surface area contributed by atoms with Gasteiger partial charge in [-0.15, -0.1) is 0 Å². The highest BCUT2D eigenvalue weighted by Crippen LogP contribution is 2.15. The van der Waals surface area contributed by atoms with Crippen molar-refractivity contribution in [1.29, 1.82) is 0 Å². The van der Waals surface area contributed by atoms with Gasteiger partial charge in [0.25, 0.3) is 5.91 Å². The third-order valence-electron chi connectivity index (χ3n) is 3.51. The molecule has 0 unspecified atom stereocenters. The van der Waals surface area contributed by atoms with E-state index in [4.69, 9.17) is 4.42 Å². The molecule has 23 heavy (non-hydrogen) atoms. The second-order valence-corrected chi connectivity index (χ2v) is 7.14. The lowest BCUT2D eigenvalue weighted by atomic mass is 10.3. The fourth-order valence-corrected chi connectivity index (χ4v) is 3.07. The van der Waals surface area contributed by atoms with Gasteiger partial charge >= 0.3 is 5.88 Å². The fraction of sp³-hybridized carbons (Fsp3) is 0.583. The number of hydrogen-bond donors (Lipinski definition) is 1. The highest BCUT2D eigenvalue weighted by Gasteiger charge is 2.23. The molecule has 0 spiro atoms. The molecule has 10 nitrogen and oxygen atoms in total. The summed E-state index contributed by atoms with van der Waals surface area (Å²) in [7, 11) is -3.15. The van der Waals surface area contributed by atoms with Crippen molar-refractivity contribution in [2.24, 2.45) is 0 Å². The highest BCUT2D eigenvalue weighted by molar-refractivity contribution is 7.88. The lowest BCUT2D eigenvalue weighted by molar-refractivity contribution is -0.402. The van der Waals surface area contributed by atoms with Gasteiger partial charge in [-0.1, -0.05) is 0 Å². The first-order chi connectivity index (χ1) is 10.8. The molecule has 1 saturated heterocycles. The molecule has 2 heterocycles. The molecule has 1 aliphatic rings. The van der Waals surface area contributed by atoms with Gasteiger partial charge in [0.2, 0.25) is 10.0 Å². The number of nitrogens with zero attached hydrogens (tertiary/aromatic N) is 3. The fourth-order valence-electron chi connectivity index (χ4n) is 2.25. The third-order valence-corrected chi connectivity index (χ3v) is 4.81. The Balaban J connectivity index is 1.73. The number of carbonyl (C=O) groups excluding carboxylic acids is 1. The number of hydrogen-bond acceptors (Lipinski definition) is 7. The summed E-state index contributed by atoms with van der Waals surface area (Å²) < 4.78 is 29.0. The number of nitro groups is 1. The zero-order valence-corrected chi connectivity index (χ0v) is 13.4. The molecule has 1 aliphatic heterocycles. The van der Waals surface area contributed by atoms with Crippen LogP contribution in [0.25, 0.3) is 0 Å². The summed E-state index contributed by atoms with van der Waals surface area (Å²) in [6.45, 7) is 2.94. The van der Waals surface area contributed by atoms with Gasteiger partial charge in [-0.3, -0.25) is 19.8 Å². The standard InChI is InChI=1S/C12H18N4O6S/c1-23(20,21)15-8-6-14(7-9-15)5-4-13-12(17)10-2-3-11(22-10)16(18)19/h2-3H,4-9H2,1H3,(H,13,17). The highest BCUT2D eigenvalue weighted by atomic mass is 32.2. The summed E-state index contributed by atoms with van der Waals surface area (Å²) in [4.78, 5) is 23.6. The van der Waals surface area contributed by atoms with Gasteiger partial charge in [0.15, 0.2) is 5.76 Å². The molecule has 0 aliphatic carbocycles. The van der Waals surface area contributed by atoms with Gasteiger partial charge in [-0.2, -0.15) is 4.31 Å². The van der Waals surface area contributed by atoms with Gasteiger partial charge in [0.1, 0.15) is 4.92 Å². The molecular weight excluding hydrogens is 328 g/mol. The number of rotatable bonds is 6. The van der Waals surface area contributed by atoms with E-state index in [2.05, 4.69) is 5.32 Å². The van der Waals surface area contributed by atoms with Crippen LogP contribution in [0.1, 0.15) is 10.6 Å². The normalized spacial score (nSPS) is 17.1. The van der Waals surface area contributed by atoms with Gasteiger partial charge in [-0.25, -0.2) is 8.42 Å². The Bertz CT molecular complexity index is 677. The van der Waals surface area contributed by atoms with Crippen molar-refractivity contribution >= 4 is 21.8 Å². The number of nitrogens with one attached hydrogen (secondary N) is 1. The average molecular weight is 346 g/mol. The predicted octanol–water partition coefficient (Wildman–Crippen LogP) is -0.505. The summed E-state index contributed by atoms with van der Waals surface area (Å²) in [5, 5.41) is 13.1. The van der Waals surface area contributed by atoms with E-state index in [-0.39, 0.29) is 5.76 Å². The van der Waals surface area contributed by atoms with E-state index >= 15 is 0 Å². The summed E-state index contributed by atoms with van der Waals surface area (Å²) in [5.74, 6) is -1.11. The van der Waals surface area contributed by atoms with Crippen LogP contribution in [0.5, 0.6) is 0 Å². The minimum atomic E-state index is -3.15. The van der Waals surface area contributed by atoms with E-state index in [0.717, 1.165) is 6.07 Å². The maximum atomic E-state index is 11.8. The quantitative estimate of drug-likeness (QED) is 0.543. The molecule has 2 rings (SSSR count). The first kappa shape index (κ1) is 17.4. The SMILES string of the molecule is CS(=O)(=O)N1CCN(CCNC(=O)c2ccc([N+](=O)[O-])o2)CC1. The Labute approximate surface area is 133 Å². The minimum absolute atomic E-state index is 0.112. The van der Waals surface area contributed by atoms with Crippen LogP contribution in [0.3, 0.4) is 0 Å². The second kappa shape index (κ2) is 7.06. The molecule has 0 saturated carbocycles. The first-order valence-corrected chi connectivity index (χ1v) is 8.82. The topological polar surface area (TPSA) is 126 Å². The summed E-state index contributed by atoms with van der Waals surface area (Å²) in [6, 6.07) is 2.37. The monoisotopic (exact) mass is 346 g/mol. The summed E-state index contributed by atoms with van der Waals surface area (Å²) >= 11 is 0. The predicted molar refractivity (Wildman–Crippen MR) is 80.6 cm³/mol. The minimum Gasteiger partial charge on any atom is -0.395 e. The van der Waals surface area contributed by atoms with Gasteiger partial charge < -0.3 is 9.73 Å². The van der Waals surface area contributed by atoms with Crippen molar-refractivity contribution in [1.82, 2.24) is 14.5 Å². The van der Waals surface area contributed by atoms with Gasteiger partial charge in [-0.05, 0) is 6.07 Å². The molecule has 0 bridgehead atoms. The molecule has 1 N–H and O–H groups in total. The number of furan rings is 1. The molecule has 11 heteroatoms. The summed E-state index contributed by atoms with van der Waals surface area (Å²) in [6.07, 6.45) is 1.19. The Morgan fingerprint density at radius 1 is 1.35 bits per heavy atom. The maximum Gasteiger partial charge on any atom is 0.433 e. The smallest absolute Gasteiger partial charge is 0.395 e. The van der Waals surface area contributed by atoms with Crippen molar-refractivity contribution < 1.29 is 22.6 Å². The van der Waals surface area contributed by atoms with E-state index in [0.29, 0.717) is 39.3 Å². The Morgan fingerprint density at radius 2 is 2.00 bits per heavy atom. The van der Waals surface area contributed by atoms with Crippen LogP contribution < -0.4 is 5.32 Å². The Morgan fingerprint density at radius 3 is 2.52 bits per heavy atom. The van der Waals surface area contributed by atoms with Crippen molar-refractivity contribution in [2.45, 2.75) is 0 Å². The van der Waals surface area contributed by atoms with E-state index in [1.165, 1.54) is 16.6 Å². The van der Waals surface area contributed by atoms with Crippen LogP contribution in [0.15, 0.2) is 16.5 Å². The largest absolute Gasteiger partial charge is 0.433 e. The zero-order chi connectivity index (χ0) is 17.0. The van der Waals surface area contributed by atoms with Crippen molar-refractivity contribution in [3.63, 3.8) is 0 Å². The molecule has 0 aromatic carbocycles. The number of piperazine rings is 1. The molecule has 1 aromatic rings. The van der Waals surface area contributed by atoms with Crippen LogP contribution in [-0.2, 0) is 10.0 Å². The zero-order valence-electron chi connectivity index (χ0n) is 12.6.